The van der Waals surface area contributed by atoms with Crippen LogP contribution in [0.25, 0.3) is 10.9 Å². The molecule has 1 amide bonds. The third-order valence-corrected chi connectivity index (χ3v) is 4.95. The van der Waals surface area contributed by atoms with Crippen LogP contribution in [0.1, 0.15) is 47.7 Å². The third-order valence-electron chi connectivity index (χ3n) is 4.95. The van der Waals surface area contributed by atoms with Crippen LogP contribution in [0.2, 0.25) is 0 Å². The molecule has 1 N–H and O–H groups in total. The Balaban J connectivity index is 1.80. The summed E-state index contributed by atoms with van der Waals surface area (Å²) in [4.78, 5) is 19.6. The van der Waals surface area contributed by atoms with Crippen molar-refractivity contribution in [3.8, 4) is 5.75 Å². The van der Waals surface area contributed by atoms with Crippen LogP contribution in [0.4, 0.5) is 0 Å². The van der Waals surface area contributed by atoms with Crippen LogP contribution in [-0.4, -0.2) is 47.2 Å². The molecule has 0 bridgehead atoms. The number of β-amino-alcohol motifs (C(OH)–C–C–N with tert-alkyl or cyclic N) is 1. The number of carbonyl (C=O) groups is 1. The molecule has 126 valence electrons. The van der Waals surface area contributed by atoms with Crippen molar-refractivity contribution in [3.63, 3.8) is 0 Å². The number of methoxy groups -OCH3 is 1. The van der Waals surface area contributed by atoms with Gasteiger partial charge in [0.2, 0.25) is 0 Å². The quantitative estimate of drug-likeness (QED) is 0.942. The van der Waals surface area contributed by atoms with Crippen molar-refractivity contribution in [1.82, 2.24) is 9.88 Å². The van der Waals surface area contributed by atoms with E-state index in [9.17, 15) is 9.90 Å². The average Bonchev–Trinajstić information content (AvgIpc) is 3.45. The first-order valence-corrected chi connectivity index (χ1v) is 8.62. The largest absolute Gasteiger partial charge is 0.497 e. The highest BCUT2D eigenvalue weighted by atomic mass is 16.5. The van der Waals surface area contributed by atoms with E-state index >= 15 is 0 Å². The zero-order chi connectivity index (χ0) is 16.7. The molecule has 0 spiro atoms. The van der Waals surface area contributed by atoms with Gasteiger partial charge in [0.05, 0.1) is 24.3 Å². The first kappa shape index (κ1) is 15.4. The molecular formula is C19H22N2O3. The summed E-state index contributed by atoms with van der Waals surface area (Å²) in [7, 11) is 1.62. The molecule has 1 aliphatic heterocycles. The van der Waals surface area contributed by atoms with Gasteiger partial charge in [-0.2, -0.15) is 0 Å². The van der Waals surface area contributed by atoms with Crippen molar-refractivity contribution >= 4 is 16.8 Å². The second-order valence-electron chi connectivity index (χ2n) is 6.80. The minimum atomic E-state index is -0.423. The molecule has 1 aromatic heterocycles. The highest BCUT2D eigenvalue weighted by Crippen LogP contribution is 2.40. The topological polar surface area (TPSA) is 62.7 Å². The normalized spacial score (nSPS) is 21.1. The lowest BCUT2D eigenvalue weighted by Gasteiger charge is -2.30. The van der Waals surface area contributed by atoms with Crippen LogP contribution in [0.3, 0.4) is 0 Å². The highest BCUT2D eigenvalue weighted by molar-refractivity contribution is 6.06. The number of likely N-dealkylation sites (tertiary alicyclic amines) is 1. The Morgan fingerprint density at radius 2 is 2.12 bits per heavy atom. The fourth-order valence-electron chi connectivity index (χ4n) is 3.43. The molecule has 2 heterocycles. The fourth-order valence-corrected chi connectivity index (χ4v) is 3.43. The van der Waals surface area contributed by atoms with Crippen molar-refractivity contribution in [2.24, 2.45) is 0 Å². The fraction of sp³-hybridized carbons (Fsp3) is 0.474. The van der Waals surface area contributed by atoms with E-state index in [2.05, 4.69) is 0 Å². The Morgan fingerprint density at radius 3 is 2.83 bits per heavy atom. The molecule has 1 saturated heterocycles. The van der Waals surface area contributed by atoms with Crippen molar-refractivity contribution in [1.29, 1.82) is 0 Å². The van der Waals surface area contributed by atoms with Crippen LogP contribution in [0.15, 0.2) is 24.3 Å². The van der Waals surface area contributed by atoms with Gasteiger partial charge in [0, 0.05) is 30.1 Å². The van der Waals surface area contributed by atoms with Gasteiger partial charge in [-0.3, -0.25) is 9.78 Å². The van der Waals surface area contributed by atoms with Crippen LogP contribution in [0, 0.1) is 0 Å². The van der Waals surface area contributed by atoms with Gasteiger partial charge < -0.3 is 14.7 Å². The van der Waals surface area contributed by atoms with E-state index in [1.807, 2.05) is 24.3 Å². The number of nitrogens with zero attached hydrogens (tertiary/aromatic N) is 2. The zero-order valence-electron chi connectivity index (χ0n) is 13.9. The number of piperidine rings is 1. The Kier molecular flexibility index (Phi) is 3.88. The molecule has 2 fully saturated rings. The molecule has 5 heteroatoms. The number of aliphatic hydroxyl groups excluding tert-OH is 1. The number of rotatable bonds is 3. The number of amides is 1. The predicted molar refractivity (Wildman–Crippen MR) is 91.4 cm³/mol. The summed E-state index contributed by atoms with van der Waals surface area (Å²) in [6.07, 6.45) is 3.47. The number of hydrogen-bond donors (Lipinski definition) is 1. The minimum Gasteiger partial charge on any atom is -0.497 e. The molecule has 1 aromatic carbocycles. The van der Waals surface area contributed by atoms with Gasteiger partial charge >= 0.3 is 0 Å². The lowest BCUT2D eigenvalue weighted by Crippen LogP contribution is -2.42. The van der Waals surface area contributed by atoms with Crippen LogP contribution < -0.4 is 4.74 Å². The summed E-state index contributed by atoms with van der Waals surface area (Å²) in [5.41, 5.74) is 2.52. The van der Waals surface area contributed by atoms with Gasteiger partial charge in [0.15, 0.2) is 0 Å². The zero-order valence-corrected chi connectivity index (χ0v) is 13.9. The van der Waals surface area contributed by atoms with E-state index < -0.39 is 6.10 Å². The highest BCUT2D eigenvalue weighted by Gasteiger charge is 2.29. The van der Waals surface area contributed by atoms with Crippen LogP contribution in [0.5, 0.6) is 5.75 Å². The van der Waals surface area contributed by atoms with Crippen molar-refractivity contribution in [3.05, 3.63) is 35.5 Å². The Labute approximate surface area is 141 Å². The number of carbonyl (C=O) groups excluding carboxylic acids is 1. The minimum absolute atomic E-state index is 0.0173. The second-order valence-corrected chi connectivity index (χ2v) is 6.80. The number of hydrogen-bond acceptors (Lipinski definition) is 4. The van der Waals surface area contributed by atoms with E-state index in [4.69, 9.17) is 9.72 Å². The van der Waals surface area contributed by atoms with Gasteiger partial charge in [0.1, 0.15) is 5.75 Å². The molecule has 1 aliphatic carbocycles. The van der Waals surface area contributed by atoms with Gasteiger partial charge in [-0.15, -0.1) is 0 Å². The van der Waals surface area contributed by atoms with Gasteiger partial charge in [-0.1, -0.05) is 0 Å². The summed E-state index contributed by atoms with van der Waals surface area (Å²) < 4.78 is 5.32. The number of fused-ring (bicyclic) bond motifs is 1. The Hall–Kier alpha value is -2.14. The van der Waals surface area contributed by atoms with Crippen molar-refractivity contribution in [2.75, 3.05) is 20.2 Å². The van der Waals surface area contributed by atoms with Crippen molar-refractivity contribution < 1.29 is 14.6 Å². The predicted octanol–water partition coefficient (Wildman–Crippen LogP) is 2.72. The van der Waals surface area contributed by atoms with E-state index in [1.54, 1.807) is 12.0 Å². The lowest BCUT2D eigenvalue weighted by atomic mass is 10.0. The van der Waals surface area contributed by atoms with Gasteiger partial charge in [-0.05, 0) is 49.9 Å². The lowest BCUT2D eigenvalue weighted by molar-refractivity contribution is 0.0475. The summed E-state index contributed by atoms with van der Waals surface area (Å²) in [5, 5.41) is 10.7. The maximum absolute atomic E-state index is 13.1. The Morgan fingerprint density at radius 1 is 1.29 bits per heavy atom. The smallest absolute Gasteiger partial charge is 0.254 e. The molecule has 4 rings (SSSR count). The number of ether oxygens (including phenoxy) is 1. The molecule has 2 aromatic rings. The molecule has 1 atom stereocenters. The molecule has 5 nitrogen and oxygen atoms in total. The SMILES string of the molecule is COc1ccc2nc(C3CC3)cc(C(=O)N3CCCC(O)C3)c2c1. The van der Waals surface area contributed by atoms with Gasteiger partial charge in [0.25, 0.3) is 5.91 Å². The molecule has 24 heavy (non-hydrogen) atoms. The van der Waals surface area contributed by atoms with Gasteiger partial charge in [-0.25, -0.2) is 0 Å². The summed E-state index contributed by atoms with van der Waals surface area (Å²) in [6.45, 7) is 1.10. The Bertz CT molecular complexity index is 786. The number of aliphatic hydroxyl groups is 1. The molecular weight excluding hydrogens is 304 g/mol. The number of aromatic nitrogens is 1. The summed E-state index contributed by atoms with van der Waals surface area (Å²) >= 11 is 0. The summed E-state index contributed by atoms with van der Waals surface area (Å²) in [5.74, 6) is 1.18. The first-order valence-electron chi connectivity index (χ1n) is 8.62. The van der Waals surface area contributed by atoms with E-state index in [-0.39, 0.29) is 5.91 Å². The van der Waals surface area contributed by atoms with E-state index in [1.165, 1.54) is 0 Å². The molecule has 1 unspecified atom stereocenters. The maximum atomic E-state index is 13.1. The maximum Gasteiger partial charge on any atom is 0.254 e. The first-order chi connectivity index (χ1) is 11.7. The second kappa shape index (κ2) is 6.06. The van der Waals surface area contributed by atoms with E-state index in [0.717, 1.165) is 48.0 Å². The van der Waals surface area contributed by atoms with E-state index in [0.29, 0.717) is 24.6 Å². The summed E-state index contributed by atoms with van der Waals surface area (Å²) in [6, 6.07) is 7.63. The standard InChI is InChI=1S/C19H22N2O3/c1-24-14-6-7-17-15(9-14)16(10-18(20-17)12-4-5-12)19(23)21-8-2-3-13(22)11-21/h6-7,9-10,12-13,22H,2-5,8,11H2,1H3. The molecule has 2 aliphatic rings. The average molecular weight is 326 g/mol. The monoisotopic (exact) mass is 326 g/mol. The number of pyridine rings is 1. The number of benzene rings is 1. The van der Waals surface area contributed by atoms with Crippen LogP contribution in [-0.2, 0) is 0 Å². The van der Waals surface area contributed by atoms with Crippen LogP contribution >= 0.6 is 0 Å². The van der Waals surface area contributed by atoms with Crippen molar-refractivity contribution in [2.45, 2.75) is 37.7 Å². The molecule has 0 radical (unpaired) electrons. The molecule has 1 saturated carbocycles. The third kappa shape index (κ3) is 2.84.